The zero-order chi connectivity index (χ0) is 15.9. The van der Waals surface area contributed by atoms with E-state index in [-0.39, 0.29) is 17.8 Å². The van der Waals surface area contributed by atoms with E-state index in [1.165, 1.54) is 23.5 Å². The van der Waals surface area contributed by atoms with Crippen molar-refractivity contribution in [3.8, 4) is 10.4 Å². The Morgan fingerprint density at radius 2 is 2.14 bits per heavy atom. The Labute approximate surface area is 133 Å². The first-order valence-electron chi connectivity index (χ1n) is 6.92. The fourth-order valence-electron chi connectivity index (χ4n) is 1.99. The molecule has 1 unspecified atom stereocenters. The minimum absolute atomic E-state index is 0.0422. The summed E-state index contributed by atoms with van der Waals surface area (Å²) in [6, 6.07) is 10.3. The van der Waals surface area contributed by atoms with Crippen molar-refractivity contribution in [1.29, 1.82) is 0 Å². The summed E-state index contributed by atoms with van der Waals surface area (Å²) in [5, 5.41) is 2.79. The minimum Gasteiger partial charge on any atom is -0.383 e. The normalized spacial score (nSPS) is 12.5. The fraction of sp³-hybridized carbons (Fsp3) is 0.235. The van der Waals surface area contributed by atoms with Gasteiger partial charge in [0.25, 0.3) is 0 Å². The number of ether oxygens (including phenoxy) is 1. The number of hydrogen-bond acceptors (Lipinski definition) is 3. The summed E-state index contributed by atoms with van der Waals surface area (Å²) in [6.45, 7) is 2.34. The highest BCUT2D eigenvalue weighted by Gasteiger charge is 2.07. The van der Waals surface area contributed by atoms with Crippen molar-refractivity contribution >= 4 is 23.3 Å². The summed E-state index contributed by atoms with van der Waals surface area (Å²) in [4.78, 5) is 13.5. The topological polar surface area (TPSA) is 38.3 Å². The van der Waals surface area contributed by atoms with Crippen LogP contribution in [0.1, 0.15) is 11.8 Å². The summed E-state index contributed by atoms with van der Waals surface area (Å²) < 4.78 is 18.7. The van der Waals surface area contributed by atoms with Gasteiger partial charge in [-0.05, 0) is 31.2 Å². The van der Waals surface area contributed by atoms with E-state index in [0.29, 0.717) is 12.2 Å². The fourth-order valence-corrected chi connectivity index (χ4v) is 2.93. The van der Waals surface area contributed by atoms with Crippen LogP contribution in [0.3, 0.4) is 0 Å². The Balaban J connectivity index is 2.02. The van der Waals surface area contributed by atoms with Gasteiger partial charge in [0.05, 0.1) is 6.61 Å². The lowest BCUT2D eigenvalue weighted by atomic mass is 10.2. The number of carbonyl (C=O) groups is 1. The Bertz CT molecular complexity index is 666. The van der Waals surface area contributed by atoms with Crippen molar-refractivity contribution < 1.29 is 13.9 Å². The quantitative estimate of drug-likeness (QED) is 0.824. The van der Waals surface area contributed by atoms with E-state index in [9.17, 15) is 9.18 Å². The van der Waals surface area contributed by atoms with E-state index in [1.54, 1.807) is 31.4 Å². The molecule has 1 N–H and O–H groups in total. The van der Waals surface area contributed by atoms with Gasteiger partial charge < -0.3 is 10.1 Å². The van der Waals surface area contributed by atoms with Crippen LogP contribution in [0.15, 0.2) is 42.5 Å². The summed E-state index contributed by atoms with van der Waals surface area (Å²) in [5.41, 5.74) is 0.574. The molecular weight excluding hydrogens is 301 g/mol. The molecule has 22 heavy (non-hydrogen) atoms. The molecule has 0 aliphatic rings. The van der Waals surface area contributed by atoms with Crippen molar-refractivity contribution in [3.05, 3.63) is 53.2 Å². The third-order valence-corrected chi connectivity index (χ3v) is 4.05. The molecule has 0 saturated carbocycles. The number of rotatable bonds is 6. The molecule has 1 aromatic heterocycles. The Morgan fingerprint density at radius 1 is 1.36 bits per heavy atom. The molecule has 1 aromatic carbocycles. The number of nitrogens with one attached hydrogen (secondary N) is 1. The molecule has 2 rings (SSSR count). The van der Waals surface area contributed by atoms with Crippen LogP contribution in [0.2, 0.25) is 0 Å². The van der Waals surface area contributed by atoms with Crippen LogP contribution in [-0.4, -0.2) is 25.7 Å². The van der Waals surface area contributed by atoms with Gasteiger partial charge in [0.2, 0.25) is 5.91 Å². The maximum atomic E-state index is 13.7. The summed E-state index contributed by atoms with van der Waals surface area (Å²) in [5.74, 6) is -0.420. The molecule has 0 spiro atoms. The molecule has 1 amide bonds. The standard InChI is InChI=1S/C17H18FNO2S/c1-12(11-21-2)19-17(20)10-8-13-7-9-16(22-13)14-5-3-4-6-15(14)18/h3-10,12H,11H2,1-2H3,(H,19,20)/b10-8+. The molecule has 1 heterocycles. The first-order valence-corrected chi connectivity index (χ1v) is 7.74. The smallest absolute Gasteiger partial charge is 0.244 e. The highest BCUT2D eigenvalue weighted by molar-refractivity contribution is 7.16. The van der Waals surface area contributed by atoms with Gasteiger partial charge in [-0.2, -0.15) is 0 Å². The van der Waals surface area contributed by atoms with E-state index in [2.05, 4.69) is 5.32 Å². The summed E-state index contributed by atoms with van der Waals surface area (Å²) in [7, 11) is 1.59. The van der Waals surface area contributed by atoms with Crippen LogP contribution in [0.25, 0.3) is 16.5 Å². The number of thiophene rings is 1. The number of methoxy groups -OCH3 is 1. The van der Waals surface area contributed by atoms with Gasteiger partial charge in [0.15, 0.2) is 0 Å². The third kappa shape index (κ3) is 4.51. The van der Waals surface area contributed by atoms with Gasteiger partial charge in [-0.1, -0.05) is 18.2 Å². The van der Waals surface area contributed by atoms with Crippen LogP contribution >= 0.6 is 11.3 Å². The minimum atomic E-state index is -0.244. The van der Waals surface area contributed by atoms with E-state index >= 15 is 0 Å². The molecule has 0 saturated heterocycles. The number of halogens is 1. The molecule has 116 valence electrons. The van der Waals surface area contributed by atoms with Gasteiger partial charge in [0.1, 0.15) is 5.82 Å². The highest BCUT2D eigenvalue weighted by atomic mass is 32.1. The SMILES string of the molecule is COCC(C)NC(=O)/C=C/c1ccc(-c2ccccc2F)s1. The number of benzene rings is 1. The maximum absolute atomic E-state index is 13.7. The Morgan fingerprint density at radius 3 is 2.86 bits per heavy atom. The molecule has 0 aliphatic heterocycles. The molecule has 5 heteroatoms. The van der Waals surface area contributed by atoms with Crippen molar-refractivity contribution in [3.63, 3.8) is 0 Å². The number of carbonyl (C=O) groups excluding carboxylic acids is 1. The van der Waals surface area contributed by atoms with Crippen LogP contribution in [0.4, 0.5) is 4.39 Å². The van der Waals surface area contributed by atoms with Crippen LogP contribution < -0.4 is 5.32 Å². The van der Waals surface area contributed by atoms with Crippen molar-refractivity contribution in [2.75, 3.05) is 13.7 Å². The van der Waals surface area contributed by atoms with Crippen LogP contribution in [0, 0.1) is 5.82 Å². The second-order valence-corrected chi connectivity index (χ2v) is 6.00. The summed E-state index contributed by atoms with van der Waals surface area (Å²) in [6.07, 6.45) is 3.20. The Hall–Kier alpha value is -1.98. The molecule has 0 radical (unpaired) electrons. The largest absolute Gasteiger partial charge is 0.383 e. The predicted molar refractivity (Wildman–Crippen MR) is 88.2 cm³/mol. The molecule has 2 aromatic rings. The van der Waals surface area contributed by atoms with E-state index < -0.39 is 0 Å². The average molecular weight is 319 g/mol. The van der Waals surface area contributed by atoms with E-state index in [0.717, 1.165) is 9.75 Å². The van der Waals surface area contributed by atoms with Gasteiger partial charge >= 0.3 is 0 Å². The lowest BCUT2D eigenvalue weighted by Gasteiger charge is -2.10. The lowest BCUT2D eigenvalue weighted by Crippen LogP contribution is -2.34. The van der Waals surface area contributed by atoms with Gasteiger partial charge in [-0.15, -0.1) is 11.3 Å². The van der Waals surface area contributed by atoms with Crippen LogP contribution in [0.5, 0.6) is 0 Å². The van der Waals surface area contributed by atoms with Gasteiger partial charge in [0, 0.05) is 34.5 Å². The second-order valence-electron chi connectivity index (χ2n) is 4.88. The molecule has 0 bridgehead atoms. The second kappa shape index (κ2) is 7.87. The maximum Gasteiger partial charge on any atom is 0.244 e. The number of amides is 1. The molecule has 1 atom stereocenters. The molecular formula is C17H18FNO2S. The Kier molecular flexibility index (Phi) is 5.86. The number of hydrogen-bond donors (Lipinski definition) is 1. The molecule has 0 fully saturated rings. The van der Waals surface area contributed by atoms with Crippen molar-refractivity contribution in [2.24, 2.45) is 0 Å². The highest BCUT2D eigenvalue weighted by Crippen LogP contribution is 2.30. The molecule has 3 nitrogen and oxygen atoms in total. The van der Waals surface area contributed by atoms with Crippen LogP contribution in [-0.2, 0) is 9.53 Å². The summed E-state index contributed by atoms with van der Waals surface area (Å²) >= 11 is 1.44. The zero-order valence-electron chi connectivity index (χ0n) is 12.5. The van der Waals surface area contributed by atoms with E-state index in [4.69, 9.17) is 4.74 Å². The van der Waals surface area contributed by atoms with Gasteiger partial charge in [-0.25, -0.2) is 4.39 Å². The van der Waals surface area contributed by atoms with Gasteiger partial charge in [-0.3, -0.25) is 4.79 Å². The third-order valence-electron chi connectivity index (χ3n) is 2.97. The molecule has 0 aliphatic carbocycles. The monoisotopic (exact) mass is 319 g/mol. The predicted octanol–water partition coefficient (Wildman–Crippen LogP) is 3.72. The van der Waals surface area contributed by atoms with Crippen molar-refractivity contribution in [2.45, 2.75) is 13.0 Å². The van der Waals surface area contributed by atoms with E-state index in [1.807, 2.05) is 19.1 Å². The van der Waals surface area contributed by atoms with Crippen molar-refractivity contribution in [1.82, 2.24) is 5.32 Å². The first kappa shape index (κ1) is 16.4. The lowest BCUT2D eigenvalue weighted by molar-refractivity contribution is -0.117. The average Bonchev–Trinajstić information content (AvgIpc) is 2.94. The first-order chi connectivity index (χ1) is 10.6. The zero-order valence-corrected chi connectivity index (χ0v) is 13.3.